The lowest BCUT2D eigenvalue weighted by Gasteiger charge is -2.23. The molecule has 0 atom stereocenters. The van der Waals surface area contributed by atoms with Gasteiger partial charge in [0.1, 0.15) is 0 Å². The van der Waals surface area contributed by atoms with Crippen LogP contribution in [0.15, 0.2) is 24.3 Å². The van der Waals surface area contributed by atoms with Gasteiger partial charge < -0.3 is 10.6 Å². The fourth-order valence-electron chi connectivity index (χ4n) is 2.27. The van der Waals surface area contributed by atoms with Crippen LogP contribution >= 0.6 is 11.6 Å². The van der Waals surface area contributed by atoms with Gasteiger partial charge in [0.05, 0.1) is 11.4 Å². The lowest BCUT2D eigenvalue weighted by atomic mass is 10.2. The summed E-state index contributed by atoms with van der Waals surface area (Å²) in [5.41, 5.74) is 8.93. The standard InChI is InChI=1S/C15H21ClN4/c1-10(2)20-15(14(17)11(3)18-20)19(4)9-12-6-5-7-13(16)8-12/h5-8,10H,9,17H2,1-4H3. The Morgan fingerprint density at radius 1 is 1.40 bits per heavy atom. The summed E-state index contributed by atoms with van der Waals surface area (Å²) in [6.07, 6.45) is 0. The molecule has 1 aromatic heterocycles. The maximum atomic E-state index is 6.17. The highest BCUT2D eigenvalue weighted by atomic mass is 35.5. The lowest BCUT2D eigenvalue weighted by Crippen LogP contribution is -2.22. The first-order valence-corrected chi connectivity index (χ1v) is 7.08. The summed E-state index contributed by atoms with van der Waals surface area (Å²) in [6, 6.07) is 8.13. The van der Waals surface area contributed by atoms with Gasteiger partial charge in [0, 0.05) is 24.7 Å². The molecule has 0 spiro atoms. The predicted molar refractivity (Wildman–Crippen MR) is 85.3 cm³/mol. The Kier molecular flexibility index (Phi) is 4.23. The third kappa shape index (κ3) is 2.90. The summed E-state index contributed by atoms with van der Waals surface area (Å²) in [6.45, 7) is 6.87. The number of aromatic nitrogens is 2. The van der Waals surface area contributed by atoms with Gasteiger partial charge in [-0.3, -0.25) is 0 Å². The fraction of sp³-hybridized carbons (Fsp3) is 0.400. The van der Waals surface area contributed by atoms with Gasteiger partial charge in [0.2, 0.25) is 0 Å². The van der Waals surface area contributed by atoms with Crippen molar-refractivity contribution in [1.29, 1.82) is 0 Å². The fourth-order valence-corrected chi connectivity index (χ4v) is 2.49. The van der Waals surface area contributed by atoms with Crippen LogP contribution in [0.2, 0.25) is 5.02 Å². The molecule has 0 aliphatic rings. The third-order valence-electron chi connectivity index (χ3n) is 3.26. The number of hydrogen-bond acceptors (Lipinski definition) is 3. The molecule has 0 radical (unpaired) electrons. The monoisotopic (exact) mass is 292 g/mol. The zero-order valence-electron chi connectivity index (χ0n) is 12.4. The molecule has 1 heterocycles. The zero-order valence-corrected chi connectivity index (χ0v) is 13.1. The van der Waals surface area contributed by atoms with Crippen molar-refractivity contribution in [2.45, 2.75) is 33.4 Å². The van der Waals surface area contributed by atoms with E-state index in [9.17, 15) is 0 Å². The van der Waals surface area contributed by atoms with Crippen molar-refractivity contribution in [3.8, 4) is 0 Å². The van der Waals surface area contributed by atoms with E-state index in [4.69, 9.17) is 17.3 Å². The van der Waals surface area contributed by atoms with Gasteiger partial charge >= 0.3 is 0 Å². The van der Waals surface area contributed by atoms with E-state index in [2.05, 4.69) is 29.9 Å². The molecule has 0 saturated heterocycles. The average Bonchev–Trinajstić information content (AvgIpc) is 2.66. The highest BCUT2D eigenvalue weighted by Crippen LogP contribution is 2.29. The van der Waals surface area contributed by atoms with Crippen LogP contribution in [0.5, 0.6) is 0 Å². The van der Waals surface area contributed by atoms with Crippen LogP contribution in [0.3, 0.4) is 0 Å². The minimum Gasteiger partial charge on any atom is -0.394 e. The van der Waals surface area contributed by atoms with E-state index in [1.54, 1.807) is 0 Å². The molecule has 20 heavy (non-hydrogen) atoms. The maximum absolute atomic E-state index is 6.17. The minimum absolute atomic E-state index is 0.266. The highest BCUT2D eigenvalue weighted by Gasteiger charge is 2.18. The Labute approximate surface area is 125 Å². The average molecular weight is 293 g/mol. The van der Waals surface area contributed by atoms with E-state index < -0.39 is 0 Å². The van der Waals surface area contributed by atoms with Crippen LogP contribution in [0.4, 0.5) is 11.5 Å². The van der Waals surface area contributed by atoms with Crippen LogP contribution < -0.4 is 10.6 Å². The van der Waals surface area contributed by atoms with Crippen molar-refractivity contribution in [1.82, 2.24) is 9.78 Å². The molecule has 0 bridgehead atoms. The number of nitrogens with two attached hydrogens (primary N) is 1. The molecular formula is C15H21ClN4. The van der Waals surface area contributed by atoms with Crippen LogP contribution in [0.1, 0.15) is 31.1 Å². The molecule has 2 aromatic rings. The van der Waals surface area contributed by atoms with E-state index in [1.807, 2.05) is 36.9 Å². The lowest BCUT2D eigenvalue weighted by molar-refractivity contribution is 0.525. The number of rotatable bonds is 4. The molecule has 5 heteroatoms. The van der Waals surface area contributed by atoms with E-state index in [-0.39, 0.29) is 6.04 Å². The predicted octanol–water partition coefficient (Wildman–Crippen LogP) is 3.64. The second kappa shape index (κ2) is 5.75. The van der Waals surface area contributed by atoms with Crippen LogP contribution in [0.25, 0.3) is 0 Å². The summed E-state index contributed by atoms with van der Waals surface area (Å²) < 4.78 is 1.97. The Bertz CT molecular complexity index is 604. The van der Waals surface area contributed by atoms with Crippen molar-refractivity contribution in [2.75, 3.05) is 17.7 Å². The zero-order chi connectivity index (χ0) is 14.9. The van der Waals surface area contributed by atoms with Crippen molar-refractivity contribution in [3.05, 3.63) is 40.5 Å². The number of benzene rings is 1. The Morgan fingerprint density at radius 2 is 2.10 bits per heavy atom. The van der Waals surface area contributed by atoms with E-state index in [1.165, 1.54) is 0 Å². The maximum Gasteiger partial charge on any atom is 0.150 e. The number of aryl methyl sites for hydroxylation is 1. The normalized spacial score (nSPS) is 11.1. The smallest absolute Gasteiger partial charge is 0.150 e. The summed E-state index contributed by atoms with van der Waals surface area (Å²) >= 11 is 6.03. The molecule has 0 unspecified atom stereocenters. The minimum atomic E-state index is 0.266. The number of nitrogen functional groups attached to an aromatic ring is 1. The molecule has 2 N–H and O–H groups in total. The van der Waals surface area contributed by atoms with Gasteiger partial charge in [-0.05, 0) is 38.5 Å². The Hall–Kier alpha value is -1.68. The quantitative estimate of drug-likeness (QED) is 0.936. The summed E-state index contributed by atoms with van der Waals surface area (Å²) in [5, 5.41) is 5.26. The summed E-state index contributed by atoms with van der Waals surface area (Å²) in [5.74, 6) is 0.956. The van der Waals surface area contributed by atoms with Gasteiger partial charge in [-0.15, -0.1) is 0 Å². The Balaban J connectivity index is 2.31. The third-order valence-corrected chi connectivity index (χ3v) is 3.50. The summed E-state index contributed by atoms with van der Waals surface area (Å²) in [4.78, 5) is 2.11. The number of nitrogens with zero attached hydrogens (tertiary/aromatic N) is 3. The number of hydrogen-bond donors (Lipinski definition) is 1. The topological polar surface area (TPSA) is 47.1 Å². The molecule has 4 nitrogen and oxygen atoms in total. The van der Waals surface area contributed by atoms with Gasteiger partial charge in [-0.25, -0.2) is 4.68 Å². The van der Waals surface area contributed by atoms with Crippen LogP contribution in [-0.4, -0.2) is 16.8 Å². The molecule has 0 amide bonds. The van der Waals surface area contributed by atoms with Crippen LogP contribution in [0, 0.1) is 6.92 Å². The first-order chi connectivity index (χ1) is 9.40. The molecule has 0 saturated carbocycles. The SMILES string of the molecule is Cc1nn(C(C)C)c(N(C)Cc2cccc(Cl)c2)c1N. The van der Waals surface area contributed by atoms with E-state index in [0.717, 1.165) is 34.3 Å². The molecule has 1 aromatic carbocycles. The van der Waals surface area contributed by atoms with Crippen molar-refractivity contribution >= 4 is 23.1 Å². The first kappa shape index (κ1) is 14.7. The molecule has 108 valence electrons. The second-order valence-corrected chi connectivity index (χ2v) is 5.78. The molecule has 0 fully saturated rings. The van der Waals surface area contributed by atoms with E-state index >= 15 is 0 Å². The van der Waals surface area contributed by atoms with Crippen molar-refractivity contribution < 1.29 is 0 Å². The molecule has 0 aliphatic heterocycles. The van der Waals surface area contributed by atoms with Crippen LogP contribution in [-0.2, 0) is 6.54 Å². The first-order valence-electron chi connectivity index (χ1n) is 6.70. The second-order valence-electron chi connectivity index (χ2n) is 5.35. The van der Waals surface area contributed by atoms with E-state index in [0.29, 0.717) is 0 Å². The van der Waals surface area contributed by atoms with Gasteiger partial charge in [0.15, 0.2) is 5.82 Å². The highest BCUT2D eigenvalue weighted by molar-refractivity contribution is 6.30. The van der Waals surface area contributed by atoms with Gasteiger partial charge in [0.25, 0.3) is 0 Å². The molecule has 2 rings (SSSR count). The largest absolute Gasteiger partial charge is 0.394 e. The number of halogens is 1. The Morgan fingerprint density at radius 3 is 2.70 bits per heavy atom. The van der Waals surface area contributed by atoms with Crippen molar-refractivity contribution in [2.24, 2.45) is 0 Å². The number of anilines is 2. The van der Waals surface area contributed by atoms with Gasteiger partial charge in [-0.2, -0.15) is 5.10 Å². The summed E-state index contributed by atoms with van der Waals surface area (Å²) in [7, 11) is 2.02. The van der Waals surface area contributed by atoms with Crippen molar-refractivity contribution in [3.63, 3.8) is 0 Å². The molecular weight excluding hydrogens is 272 g/mol. The van der Waals surface area contributed by atoms with Gasteiger partial charge in [-0.1, -0.05) is 23.7 Å². The molecule has 0 aliphatic carbocycles.